The predicted octanol–water partition coefficient (Wildman–Crippen LogP) is 3.07. The predicted molar refractivity (Wildman–Crippen MR) is 104 cm³/mol. The van der Waals surface area contributed by atoms with Crippen LogP contribution in [0, 0.1) is 12.7 Å². The van der Waals surface area contributed by atoms with Crippen molar-refractivity contribution < 1.29 is 23.6 Å². The zero-order valence-electron chi connectivity index (χ0n) is 15.4. The first-order chi connectivity index (χ1) is 13.1. The smallest absolute Gasteiger partial charge is 0.322 e. The molecule has 0 saturated carbocycles. The number of thioether (sulfide) groups is 1. The number of aliphatic carboxylic acids is 1. The van der Waals surface area contributed by atoms with Gasteiger partial charge in [-0.1, -0.05) is 22.8 Å². The fourth-order valence-corrected chi connectivity index (χ4v) is 4.79. The van der Waals surface area contributed by atoms with Gasteiger partial charge in [-0.15, -0.1) is 11.8 Å². The van der Waals surface area contributed by atoms with E-state index >= 15 is 0 Å². The van der Waals surface area contributed by atoms with Crippen molar-refractivity contribution in [2.45, 2.75) is 36.9 Å². The van der Waals surface area contributed by atoms with E-state index in [-0.39, 0.29) is 39.5 Å². The number of halogens is 2. The Balaban J connectivity index is 1.78. The molecular formula is C18H19ClFN3O4S. The summed E-state index contributed by atoms with van der Waals surface area (Å²) in [6.45, 7) is 5.37. The van der Waals surface area contributed by atoms with Gasteiger partial charge in [-0.2, -0.15) is 0 Å². The largest absolute Gasteiger partial charge is 0.480 e. The summed E-state index contributed by atoms with van der Waals surface area (Å²) in [4.78, 5) is 24.1. The molecule has 7 nitrogen and oxygen atoms in total. The number of nitrogens with zero attached hydrogens (tertiary/aromatic N) is 1. The van der Waals surface area contributed by atoms with Gasteiger partial charge in [0.25, 0.3) is 5.91 Å². The van der Waals surface area contributed by atoms with E-state index in [2.05, 4.69) is 15.8 Å². The summed E-state index contributed by atoms with van der Waals surface area (Å²) in [7, 11) is 0. The lowest BCUT2D eigenvalue weighted by Gasteiger charge is -2.20. The van der Waals surface area contributed by atoms with Crippen LogP contribution < -0.4 is 10.6 Å². The summed E-state index contributed by atoms with van der Waals surface area (Å²) in [6, 6.07) is 3.45. The molecule has 10 heteroatoms. The Labute approximate surface area is 170 Å². The van der Waals surface area contributed by atoms with Gasteiger partial charge < -0.3 is 14.9 Å². The lowest BCUT2D eigenvalue weighted by atomic mass is 10.0. The van der Waals surface area contributed by atoms with Crippen molar-refractivity contribution in [2.24, 2.45) is 0 Å². The normalized spacial score (nSPS) is 20.9. The minimum atomic E-state index is -0.947. The van der Waals surface area contributed by atoms with E-state index in [9.17, 15) is 19.1 Å². The zero-order chi connectivity index (χ0) is 20.6. The number of hydrogen-bond donors (Lipinski definition) is 3. The number of aryl methyl sites for hydroxylation is 1. The van der Waals surface area contributed by atoms with Crippen LogP contribution in [-0.4, -0.2) is 44.8 Å². The van der Waals surface area contributed by atoms with Gasteiger partial charge in [-0.05, 0) is 32.9 Å². The molecule has 28 heavy (non-hydrogen) atoms. The molecule has 1 amide bonds. The van der Waals surface area contributed by atoms with Gasteiger partial charge in [0.05, 0.1) is 16.0 Å². The van der Waals surface area contributed by atoms with Crippen LogP contribution in [0.5, 0.6) is 0 Å². The second-order valence-electron chi connectivity index (χ2n) is 6.92. The monoisotopic (exact) mass is 427 g/mol. The number of carboxylic acid groups (broad SMARTS) is 1. The molecule has 1 aliphatic heterocycles. The molecule has 1 aliphatic rings. The van der Waals surface area contributed by atoms with Crippen LogP contribution >= 0.6 is 23.4 Å². The maximum absolute atomic E-state index is 14.3. The molecule has 1 aromatic heterocycles. The third-order valence-electron chi connectivity index (χ3n) is 4.48. The molecule has 0 spiro atoms. The molecule has 1 aromatic carbocycles. The van der Waals surface area contributed by atoms with E-state index in [0.29, 0.717) is 0 Å². The Morgan fingerprint density at radius 2 is 2.18 bits per heavy atom. The number of carbonyl (C=O) groups excluding carboxylic acids is 1. The number of rotatable bonds is 5. The van der Waals surface area contributed by atoms with Crippen molar-refractivity contribution in [1.82, 2.24) is 15.8 Å². The van der Waals surface area contributed by atoms with Crippen LogP contribution in [0.25, 0.3) is 11.3 Å². The molecule has 3 rings (SSSR count). The Morgan fingerprint density at radius 3 is 2.79 bits per heavy atom. The summed E-state index contributed by atoms with van der Waals surface area (Å²) in [6.07, 6.45) is 0. The van der Waals surface area contributed by atoms with Crippen molar-refractivity contribution in [3.05, 3.63) is 40.4 Å². The first-order valence-electron chi connectivity index (χ1n) is 8.47. The molecule has 1 fully saturated rings. The van der Waals surface area contributed by atoms with Gasteiger partial charge in [0.15, 0.2) is 0 Å². The van der Waals surface area contributed by atoms with Crippen LogP contribution in [-0.2, 0) is 4.79 Å². The number of carbonyl (C=O) groups is 2. The number of hydrogen-bond acceptors (Lipinski definition) is 6. The van der Waals surface area contributed by atoms with Crippen molar-refractivity contribution in [3.63, 3.8) is 0 Å². The van der Waals surface area contributed by atoms with Crippen molar-refractivity contribution in [2.75, 3.05) is 6.54 Å². The van der Waals surface area contributed by atoms with Crippen molar-refractivity contribution in [1.29, 1.82) is 0 Å². The molecule has 2 heterocycles. The quantitative estimate of drug-likeness (QED) is 0.673. The topological polar surface area (TPSA) is 104 Å². The Kier molecular flexibility index (Phi) is 5.69. The van der Waals surface area contributed by atoms with E-state index < -0.39 is 28.5 Å². The van der Waals surface area contributed by atoms with E-state index in [1.54, 1.807) is 6.92 Å². The average Bonchev–Trinajstić information content (AvgIpc) is 3.12. The van der Waals surface area contributed by atoms with E-state index in [1.165, 1.54) is 30.0 Å². The maximum atomic E-state index is 14.3. The van der Waals surface area contributed by atoms with Crippen LogP contribution in [0.1, 0.15) is 30.0 Å². The Bertz CT molecular complexity index is 913. The summed E-state index contributed by atoms with van der Waals surface area (Å²) < 4.78 is 18.8. The van der Waals surface area contributed by atoms with E-state index in [4.69, 9.17) is 16.1 Å². The third kappa shape index (κ3) is 3.87. The second kappa shape index (κ2) is 7.73. The SMILES string of the molecule is Cc1onc(-c2c(F)cccc2Cl)c1C(=O)NCC1N[C@H](C(=O)O)C(C)(C)S1. The zero-order valence-corrected chi connectivity index (χ0v) is 16.9. The summed E-state index contributed by atoms with van der Waals surface area (Å²) in [5, 5.41) is 18.7. The first-order valence-corrected chi connectivity index (χ1v) is 9.73. The number of benzene rings is 1. The highest BCUT2D eigenvalue weighted by atomic mass is 35.5. The maximum Gasteiger partial charge on any atom is 0.322 e. The molecule has 3 N–H and O–H groups in total. The Hall–Kier alpha value is -2.10. The molecule has 2 atom stereocenters. The van der Waals surface area contributed by atoms with Crippen LogP contribution in [0.3, 0.4) is 0 Å². The molecule has 0 radical (unpaired) electrons. The van der Waals surface area contributed by atoms with Gasteiger partial charge in [0.2, 0.25) is 0 Å². The van der Waals surface area contributed by atoms with Crippen LogP contribution in [0.2, 0.25) is 5.02 Å². The number of amides is 1. The van der Waals surface area contributed by atoms with Crippen LogP contribution in [0.4, 0.5) is 4.39 Å². The second-order valence-corrected chi connectivity index (χ2v) is 9.18. The van der Waals surface area contributed by atoms with E-state index in [0.717, 1.165) is 0 Å². The average molecular weight is 428 g/mol. The highest BCUT2D eigenvalue weighted by molar-refractivity contribution is 8.01. The van der Waals surface area contributed by atoms with Crippen LogP contribution in [0.15, 0.2) is 22.7 Å². The molecular weight excluding hydrogens is 409 g/mol. The molecule has 0 aliphatic carbocycles. The van der Waals surface area contributed by atoms with Crippen molar-refractivity contribution >= 4 is 35.2 Å². The summed E-state index contributed by atoms with van der Waals surface area (Å²) in [5.74, 6) is -1.85. The molecule has 150 valence electrons. The fraction of sp³-hybridized carbons (Fsp3) is 0.389. The van der Waals surface area contributed by atoms with Gasteiger partial charge in [0, 0.05) is 11.3 Å². The van der Waals surface area contributed by atoms with Gasteiger partial charge in [0.1, 0.15) is 28.9 Å². The molecule has 1 saturated heterocycles. The van der Waals surface area contributed by atoms with E-state index in [1.807, 2.05) is 13.8 Å². The van der Waals surface area contributed by atoms with Gasteiger partial charge >= 0.3 is 5.97 Å². The summed E-state index contributed by atoms with van der Waals surface area (Å²) in [5.41, 5.74) is 0.101. The molecule has 0 bridgehead atoms. The number of nitrogens with one attached hydrogen (secondary N) is 2. The number of carboxylic acids is 1. The Morgan fingerprint density at radius 1 is 1.46 bits per heavy atom. The lowest BCUT2D eigenvalue weighted by molar-refractivity contribution is -0.139. The highest BCUT2D eigenvalue weighted by Gasteiger charge is 2.45. The lowest BCUT2D eigenvalue weighted by Crippen LogP contribution is -2.46. The fourth-order valence-electron chi connectivity index (χ4n) is 3.13. The van der Waals surface area contributed by atoms with Crippen molar-refractivity contribution in [3.8, 4) is 11.3 Å². The number of aromatic nitrogens is 1. The molecule has 2 aromatic rings. The standard InChI is InChI=1S/C18H19ClFN3O4S/c1-8-12(14(23-27-8)13-9(19)5-4-6-10(13)20)16(24)21-7-11-22-15(17(25)26)18(2,3)28-11/h4-6,11,15,22H,7H2,1-3H3,(H,21,24)(H,25,26)/t11?,15-/m1/s1. The van der Waals surface area contributed by atoms with Gasteiger partial charge in [-0.3, -0.25) is 14.9 Å². The minimum absolute atomic E-state index is 0.00777. The minimum Gasteiger partial charge on any atom is -0.480 e. The first kappa shape index (κ1) is 20.6. The highest BCUT2D eigenvalue weighted by Crippen LogP contribution is 2.38. The molecule has 1 unspecified atom stereocenters. The van der Waals surface area contributed by atoms with Gasteiger partial charge in [-0.25, -0.2) is 4.39 Å². The third-order valence-corrected chi connectivity index (χ3v) is 6.22. The summed E-state index contributed by atoms with van der Waals surface area (Å²) >= 11 is 7.51.